The summed E-state index contributed by atoms with van der Waals surface area (Å²) >= 11 is 0. The van der Waals surface area contributed by atoms with Crippen molar-refractivity contribution >= 4 is 17.9 Å². The van der Waals surface area contributed by atoms with Crippen molar-refractivity contribution in [1.29, 1.82) is 0 Å². The van der Waals surface area contributed by atoms with Crippen LogP contribution in [0, 0.1) is 0 Å². The summed E-state index contributed by atoms with van der Waals surface area (Å²) < 4.78 is 16.7. The second-order valence-corrected chi connectivity index (χ2v) is 17.7. The molecule has 0 aliphatic rings. The lowest BCUT2D eigenvalue weighted by Gasteiger charge is -2.18. The average molecular weight is 953 g/mol. The molecule has 0 aromatic heterocycles. The Kier molecular flexibility index (Phi) is 52.5. The van der Waals surface area contributed by atoms with Gasteiger partial charge >= 0.3 is 17.9 Å². The minimum absolute atomic E-state index is 0.132. The SMILES string of the molecule is CC/C=C\C/C=C\C/C=C\C/C=C\C/C=C\CCCCCC(=O)O[C@@H](COC(=O)CCC/C=C\C/C=C\C/C=C\CCCCCCCC)COC(=O)CCCC/C=C\C/C=C\C/C=C\CCCCC. The van der Waals surface area contributed by atoms with Crippen LogP contribution in [0.25, 0.3) is 0 Å². The van der Waals surface area contributed by atoms with E-state index in [-0.39, 0.29) is 50.4 Å². The van der Waals surface area contributed by atoms with Crippen LogP contribution in [0.4, 0.5) is 0 Å². The summed E-state index contributed by atoms with van der Waals surface area (Å²) in [5.41, 5.74) is 0. The van der Waals surface area contributed by atoms with Gasteiger partial charge in [-0.25, -0.2) is 0 Å². The largest absolute Gasteiger partial charge is 0.462 e. The molecular formula is C63H100O6. The molecule has 0 rings (SSSR count). The zero-order chi connectivity index (χ0) is 50.0. The number of allylic oxidation sites excluding steroid dienone is 22. The van der Waals surface area contributed by atoms with E-state index in [9.17, 15) is 14.4 Å². The minimum atomic E-state index is -0.837. The smallest absolute Gasteiger partial charge is 0.306 e. The number of esters is 3. The van der Waals surface area contributed by atoms with Crippen LogP contribution in [0.2, 0.25) is 0 Å². The molecule has 0 radical (unpaired) electrons. The number of carbonyl (C=O) groups excluding carboxylic acids is 3. The lowest BCUT2D eigenvalue weighted by Crippen LogP contribution is -2.30. The maximum absolute atomic E-state index is 12.8. The summed E-state index contributed by atoms with van der Waals surface area (Å²) in [6, 6.07) is 0. The highest BCUT2D eigenvalue weighted by Gasteiger charge is 2.19. The first-order valence-corrected chi connectivity index (χ1v) is 27.7. The zero-order valence-corrected chi connectivity index (χ0v) is 44.3. The highest BCUT2D eigenvalue weighted by molar-refractivity contribution is 5.71. The minimum Gasteiger partial charge on any atom is -0.462 e. The van der Waals surface area contributed by atoms with Crippen molar-refractivity contribution in [3.05, 3.63) is 134 Å². The van der Waals surface area contributed by atoms with E-state index in [0.717, 1.165) is 96.3 Å². The summed E-state index contributed by atoms with van der Waals surface area (Å²) in [4.78, 5) is 38.1. The van der Waals surface area contributed by atoms with Gasteiger partial charge < -0.3 is 14.2 Å². The van der Waals surface area contributed by atoms with Gasteiger partial charge in [0.25, 0.3) is 0 Å². The summed E-state index contributed by atoms with van der Waals surface area (Å²) in [6.45, 7) is 6.37. The molecule has 0 unspecified atom stereocenters. The first-order valence-electron chi connectivity index (χ1n) is 27.7. The van der Waals surface area contributed by atoms with Gasteiger partial charge in [-0.05, 0) is 135 Å². The van der Waals surface area contributed by atoms with Gasteiger partial charge in [0, 0.05) is 19.3 Å². The third kappa shape index (κ3) is 54.4. The molecule has 6 nitrogen and oxygen atoms in total. The summed E-state index contributed by atoms with van der Waals surface area (Å²) in [6.07, 6.45) is 78.7. The van der Waals surface area contributed by atoms with Gasteiger partial charge in [0.15, 0.2) is 6.10 Å². The quantitative estimate of drug-likeness (QED) is 0.0262. The topological polar surface area (TPSA) is 78.9 Å². The Morgan fingerprint density at radius 1 is 0.304 bits per heavy atom. The number of carbonyl (C=O) groups is 3. The molecule has 0 spiro atoms. The number of unbranched alkanes of at least 4 members (excludes halogenated alkanes) is 15. The van der Waals surface area contributed by atoms with Crippen molar-refractivity contribution < 1.29 is 28.6 Å². The van der Waals surface area contributed by atoms with Crippen LogP contribution >= 0.6 is 0 Å². The van der Waals surface area contributed by atoms with Crippen LogP contribution in [0.15, 0.2) is 134 Å². The predicted molar refractivity (Wildman–Crippen MR) is 297 cm³/mol. The van der Waals surface area contributed by atoms with Gasteiger partial charge in [-0.1, -0.05) is 206 Å². The zero-order valence-electron chi connectivity index (χ0n) is 44.3. The van der Waals surface area contributed by atoms with Crippen LogP contribution < -0.4 is 0 Å². The molecule has 69 heavy (non-hydrogen) atoms. The molecule has 0 aliphatic heterocycles. The Morgan fingerprint density at radius 2 is 0.580 bits per heavy atom. The van der Waals surface area contributed by atoms with Crippen LogP contribution in [0.5, 0.6) is 0 Å². The van der Waals surface area contributed by atoms with Crippen LogP contribution in [0.3, 0.4) is 0 Å². The Morgan fingerprint density at radius 3 is 1.00 bits per heavy atom. The second kappa shape index (κ2) is 56.1. The summed E-state index contributed by atoms with van der Waals surface area (Å²) in [5, 5.41) is 0. The molecule has 0 aliphatic carbocycles. The highest BCUT2D eigenvalue weighted by Crippen LogP contribution is 2.11. The first kappa shape index (κ1) is 64.5. The van der Waals surface area contributed by atoms with Crippen LogP contribution in [0.1, 0.15) is 226 Å². The third-order valence-electron chi connectivity index (χ3n) is 11.1. The normalized spacial score (nSPS) is 13.1. The van der Waals surface area contributed by atoms with E-state index >= 15 is 0 Å². The lowest BCUT2D eigenvalue weighted by molar-refractivity contribution is -0.167. The molecule has 0 aromatic rings. The fraction of sp³-hybridized carbons (Fsp3) is 0.603. The van der Waals surface area contributed by atoms with Crippen LogP contribution in [-0.4, -0.2) is 37.2 Å². The lowest BCUT2D eigenvalue weighted by atomic mass is 10.1. The molecule has 0 bridgehead atoms. The number of ether oxygens (including phenoxy) is 3. The fourth-order valence-electron chi connectivity index (χ4n) is 6.96. The van der Waals surface area contributed by atoms with E-state index in [2.05, 4.69) is 154 Å². The third-order valence-corrected chi connectivity index (χ3v) is 11.1. The molecule has 0 saturated carbocycles. The van der Waals surface area contributed by atoms with Crippen LogP contribution in [-0.2, 0) is 28.6 Å². The van der Waals surface area contributed by atoms with Crippen molar-refractivity contribution in [2.75, 3.05) is 13.2 Å². The predicted octanol–water partition coefficient (Wildman–Crippen LogP) is 18.6. The van der Waals surface area contributed by atoms with Gasteiger partial charge in [-0.3, -0.25) is 14.4 Å². The highest BCUT2D eigenvalue weighted by atomic mass is 16.6. The first-order chi connectivity index (χ1) is 34.0. The Hall–Kier alpha value is -4.45. The molecule has 0 amide bonds. The summed E-state index contributed by atoms with van der Waals surface area (Å²) in [7, 11) is 0. The molecule has 0 heterocycles. The molecule has 0 saturated heterocycles. The van der Waals surface area contributed by atoms with Gasteiger partial charge in [0.05, 0.1) is 0 Å². The van der Waals surface area contributed by atoms with E-state index in [1.54, 1.807) is 0 Å². The maximum Gasteiger partial charge on any atom is 0.306 e. The molecule has 0 N–H and O–H groups in total. The summed E-state index contributed by atoms with van der Waals surface area (Å²) in [5.74, 6) is -1.06. The number of hydrogen-bond donors (Lipinski definition) is 0. The van der Waals surface area contributed by atoms with Gasteiger partial charge in [0.1, 0.15) is 13.2 Å². The molecular weight excluding hydrogens is 853 g/mol. The molecule has 6 heteroatoms. The molecule has 388 valence electrons. The fourth-order valence-corrected chi connectivity index (χ4v) is 6.96. The van der Waals surface area contributed by atoms with Crippen molar-refractivity contribution in [3.63, 3.8) is 0 Å². The standard InChI is InChI=1S/C63H100O6/c1-4-7-10-13-16-19-22-25-28-30-31-33-36-39-42-45-48-51-54-57-63(66)69-60(58-67-61(64)55-52-49-46-43-40-37-34-27-24-21-18-15-12-9-6-3)59-68-62(65)56-53-50-47-44-41-38-35-32-29-26-23-20-17-14-11-8-5-2/h7,10,16,18-19,21,25-29,31,33-35,38-40,42-44,47,60H,4-6,8-9,11-15,17,20,22-24,30,32,36-37,41,45-46,48-59H2,1-3H3/b10-7-,19-16-,21-18-,28-25-,29-26-,33-31-,34-27-,38-35-,42-39-,43-40-,47-44-/t60-/m1/s1. The van der Waals surface area contributed by atoms with E-state index in [1.807, 2.05) is 0 Å². The van der Waals surface area contributed by atoms with E-state index in [1.165, 1.54) is 70.6 Å². The number of rotatable bonds is 48. The van der Waals surface area contributed by atoms with Gasteiger partial charge in [0.2, 0.25) is 0 Å². The average Bonchev–Trinajstić information content (AvgIpc) is 3.35. The van der Waals surface area contributed by atoms with Crippen molar-refractivity contribution in [3.8, 4) is 0 Å². The van der Waals surface area contributed by atoms with E-state index in [0.29, 0.717) is 19.3 Å². The Labute approximate surface area is 424 Å². The molecule has 0 aromatic carbocycles. The van der Waals surface area contributed by atoms with Crippen molar-refractivity contribution in [1.82, 2.24) is 0 Å². The maximum atomic E-state index is 12.8. The molecule has 1 atom stereocenters. The second-order valence-electron chi connectivity index (χ2n) is 17.7. The monoisotopic (exact) mass is 953 g/mol. The van der Waals surface area contributed by atoms with Crippen molar-refractivity contribution in [2.45, 2.75) is 232 Å². The van der Waals surface area contributed by atoms with Gasteiger partial charge in [-0.15, -0.1) is 0 Å². The van der Waals surface area contributed by atoms with Crippen molar-refractivity contribution in [2.24, 2.45) is 0 Å². The Bertz CT molecular complexity index is 1510. The van der Waals surface area contributed by atoms with Gasteiger partial charge in [-0.2, -0.15) is 0 Å². The Balaban J connectivity index is 4.61. The number of hydrogen-bond acceptors (Lipinski definition) is 6. The van der Waals surface area contributed by atoms with E-state index < -0.39 is 6.10 Å². The molecule has 0 fully saturated rings. The van der Waals surface area contributed by atoms with E-state index in [4.69, 9.17) is 14.2 Å².